The number of ether oxygens (including phenoxy) is 3. The smallest absolute Gasteiger partial charge is 0.203 e. The normalized spacial score (nSPS) is 16.8. The molecule has 118 valence electrons. The van der Waals surface area contributed by atoms with Gasteiger partial charge in [-0.15, -0.1) is 0 Å². The standard InChI is InChI=1S/C16H26N2O3/c1-17-13-5-7-18(8-6-13)11-12-9-14(19-2)16(21-4)15(10-12)20-3/h9-10,13,17H,5-8,11H2,1-4H3. The molecule has 1 aromatic rings. The number of nitrogens with one attached hydrogen (secondary N) is 1. The third-order valence-corrected chi connectivity index (χ3v) is 4.13. The summed E-state index contributed by atoms with van der Waals surface area (Å²) < 4.78 is 16.2. The first-order valence-electron chi connectivity index (χ1n) is 7.40. The van der Waals surface area contributed by atoms with Gasteiger partial charge >= 0.3 is 0 Å². The Morgan fingerprint density at radius 3 is 2.05 bits per heavy atom. The van der Waals surface area contributed by atoms with Gasteiger partial charge in [-0.3, -0.25) is 4.90 Å². The van der Waals surface area contributed by atoms with E-state index in [2.05, 4.69) is 10.2 Å². The van der Waals surface area contributed by atoms with Gasteiger partial charge in [0, 0.05) is 12.6 Å². The minimum Gasteiger partial charge on any atom is -0.493 e. The number of piperidine rings is 1. The molecule has 0 aromatic heterocycles. The second-order valence-electron chi connectivity index (χ2n) is 5.37. The molecular formula is C16H26N2O3. The maximum atomic E-state index is 5.41. The van der Waals surface area contributed by atoms with E-state index in [4.69, 9.17) is 14.2 Å². The van der Waals surface area contributed by atoms with Crippen LogP contribution in [0.3, 0.4) is 0 Å². The summed E-state index contributed by atoms with van der Waals surface area (Å²) in [5.74, 6) is 2.09. The van der Waals surface area contributed by atoms with Gasteiger partial charge in [0.25, 0.3) is 0 Å². The van der Waals surface area contributed by atoms with Crippen LogP contribution in [0, 0.1) is 0 Å². The number of benzene rings is 1. The predicted octanol–water partition coefficient (Wildman–Crippen LogP) is 1.90. The van der Waals surface area contributed by atoms with Crippen LogP contribution in [0.1, 0.15) is 18.4 Å². The predicted molar refractivity (Wildman–Crippen MR) is 83.5 cm³/mol. The summed E-state index contributed by atoms with van der Waals surface area (Å²) in [5.41, 5.74) is 1.19. The first-order chi connectivity index (χ1) is 10.2. The van der Waals surface area contributed by atoms with Crippen LogP contribution >= 0.6 is 0 Å². The SMILES string of the molecule is CNC1CCN(Cc2cc(OC)c(OC)c(OC)c2)CC1. The van der Waals surface area contributed by atoms with Crippen molar-refractivity contribution in [1.29, 1.82) is 0 Å². The van der Waals surface area contributed by atoms with Crippen LogP contribution < -0.4 is 19.5 Å². The fraction of sp³-hybridized carbons (Fsp3) is 0.625. The average Bonchev–Trinajstić information content (AvgIpc) is 2.54. The lowest BCUT2D eigenvalue weighted by Crippen LogP contribution is -2.40. The average molecular weight is 294 g/mol. The Hall–Kier alpha value is -1.46. The van der Waals surface area contributed by atoms with Crippen LogP contribution in [-0.4, -0.2) is 52.4 Å². The lowest BCUT2D eigenvalue weighted by molar-refractivity contribution is 0.194. The van der Waals surface area contributed by atoms with Crippen molar-refractivity contribution in [2.45, 2.75) is 25.4 Å². The highest BCUT2D eigenvalue weighted by Crippen LogP contribution is 2.38. The largest absolute Gasteiger partial charge is 0.493 e. The van der Waals surface area contributed by atoms with E-state index in [1.54, 1.807) is 21.3 Å². The summed E-state index contributed by atoms with van der Waals surface area (Å²) >= 11 is 0. The van der Waals surface area contributed by atoms with Crippen molar-refractivity contribution in [1.82, 2.24) is 10.2 Å². The summed E-state index contributed by atoms with van der Waals surface area (Å²) in [6.45, 7) is 3.14. The molecule has 1 fully saturated rings. The molecule has 0 atom stereocenters. The second kappa shape index (κ2) is 7.52. The Balaban J connectivity index is 2.10. The van der Waals surface area contributed by atoms with E-state index in [1.807, 2.05) is 19.2 Å². The molecule has 1 aliphatic heterocycles. The quantitative estimate of drug-likeness (QED) is 0.868. The zero-order valence-corrected chi connectivity index (χ0v) is 13.4. The summed E-state index contributed by atoms with van der Waals surface area (Å²) in [6, 6.07) is 4.72. The van der Waals surface area contributed by atoms with Crippen LogP contribution in [-0.2, 0) is 6.54 Å². The lowest BCUT2D eigenvalue weighted by Gasteiger charge is -2.31. The molecule has 1 heterocycles. The van der Waals surface area contributed by atoms with Crippen molar-refractivity contribution < 1.29 is 14.2 Å². The fourth-order valence-electron chi connectivity index (χ4n) is 2.86. The second-order valence-corrected chi connectivity index (χ2v) is 5.37. The van der Waals surface area contributed by atoms with Gasteiger partial charge in [0.05, 0.1) is 21.3 Å². The van der Waals surface area contributed by atoms with Crippen LogP contribution in [0.4, 0.5) is 0 Å². The van der Waals surface area contributed by atoms with Crippen LogP contribution in [0.2, 0.25) is 0 Å². The number of nitrogens with zero attached hydrogens (tertiary/aromatic N) is 1. The van der Waals surface area contributed by atoms with Crippen LogP contribution in [0.15, 0.2) is 12.1 Å². The molecule has 0 amide bonds. The van der Waals surface area contributed by atoms with Crippen LogP contribution in [0.25, 0.3) is 0 Å². The highest BCUT2D eigenvalue weighted by atomic mass is 16.5. The molecule has 1 aromatic carbocycles. The fourth-order valence-corrected chi connectivity index (χ4v) is 2.86. The zero-order valence-electron chi connectivity index (χ0n) is 13.4. The van der Waals surface area contributed by atoms with E-state index >= 15 is 0 Å². The Morgan fingerprint density at radius 2 is 1.62 bits per heavy atom. The van der Waals surface area contributed by atoms with Gasteiger partial charge in [-0.25, -0.2) is 0 Å². The Labute approximate surface area is 127 Å². The van der Waals surface area contributed by atoms with E-state index in [0.29, 0.717) is 11.8 Å². The van der Waals surface area contributed by atoms with Crippen molar-refractivity contribution in [3.05, 3.63) is 17.7 Å². The maximum absolute atomic E-state index is 5.41. The van der Waals surface area contributed by atoms with Gasteiger partial charge in [0.2, 0.25) is 5.75 Å². The highest BCUT2D eigenvalue weighted by molar-refractivity contribution is 5.53. The summed E-state index contributed by atoms with van der Waals surface area (Å²) in [4.78, 5) is 2.47. The van der Waals surface area contributed by atoms with Gasteiger partial charge in [0.1, 0.15) is 0 Å². The maximum Gasteiger partial charge on any atom is 0.203 e. The molecule has 0 spiro atoms. The molecule has 5 heteroatoms. The summed E-state index contributed by atoms with van der Waals surface area (Å²) in [5, 5.41) is 3.36. The van der Waals surface area contributed by atoms with Gasteiger partial charge in [0.15, 0.2) is 11.5 Å². The Morgan fingerprint density at radius 1 is 1.05 bits per heavy atom. The summed E-state index contributed by atoms with van der Waals surface area (Å²) in [7, 11) is 6.97. The van der Waals surface area contributed by atoms with Gasteiger partial charge in [-0.2, -0.15) is 0 Å². The van der Waals surface area contributed by atoms with E-state index < -0.39 is 0 Å². The first-order valence-corrected chi connectivity index (χ1v) is 7.40. The molecule has 0 saturated carbocycles. The van der Waals surface area contributed by atoms with E-state index in [0.717, 1.165) is 31.1 Å². The third kappa shape index (κ3) is 3.80. The molecule has 1 aliphatic rings. The number of likely N-dealkylation sites (tertiary alicyclic amines) is 1. The molecule has 0 bridgehead atoms. The molecule has 0 radical (unpaired) electrons. The number of hydrogen-bond donors (Lipinski definition) is 1. The number of methoxy groups -OCH3 is 3. The molecule has 0 unspecified atom stereocenters. The monoisotopic (exact) mass is 294 g/mol. The topological polar surface area (TPSA) is 43.0 Å². The molecule has 1 N–H and O–H groups in total. The van der Waals surface area contributed by atoms with Gasteiger partial charge in [-0.05, 0) is 50.7 Å². The van der Waals surface area contributed by atoms with Crippen molar-refractivity contribution in [2.24, 2.45) is 0 Å². The highest BCUT2D eigenvalue weighted by Gasteiger charge is 2.19. The molecule has 0 aliphatic carbocycles. The lowest BCUT2D eigenvalue weighted by atomic mass is 10.0. The van der Waals surface area contributed by atoms with E-state index in [1.165, 1.54) is 18.4 Å². The third-order valence-electron chi connectivity index (χ3n) is 4.13. The number of rotatable bonds is 6. The van der Waals surface area contributed by atoms with E-state index in [9.17, 15) is 0 Å². The Bertz CT molecular complexity index is 432. The van der Waals surface area contributed by atoms with Crippen molar-refractivity contribution in [2.75, 3.05) is 41.5 Å². The molecule has 21 heavy (non-hydrogen) atoms. The zero-order chi connectivity index (χ0) is 15.2. The minimum atomic E-state index is 0.651. The van der Waals surface area contributed by atoms with Crippen LogP contribution in [0.5, 0.6) is 17.2 Å². The first kappa shape index (κ1) is 15.9. The molecular weight excluding hydrogens is 268 g/mol. The molecule has 1 saturated heterocycles. The van der Waals surface area contributed by atoms with Crippen molar-refractivity contribution >= 4 is 0 Å². The summed E-state index contributed by atoms with van der Waals surface area (Å²) in [6.07, 6.45) is 2.39. The van der Waals surface area contributed by atoms with Gasteiger partial charge in [-0.1, -0.05) is 0 Å². The minimum absolute atomic E-state index is 0.651. The van der Waals surface area contributed by atoms with Crippen molar-refractivity contribution in [3.8, 4) is 17.2 Å². The Kier molecular flexibility index (Phi) is 5.70. The van der Waals surface area contributed by atoms with E-state index in [-0.39, 0.29) is 0 Å². The molecule has 2 rings (SSSR count). The van der Waals surface area contributed by atoms with Gasteiger partial charge < -0.3 is 19.5 Å². The van der Waals surface area contributed by atoms with Crippen molar-refractivity contribution in [3.63, 3.8) is 0 Å². The number of hydrogen-bond acceptors (Lipinski definition) is 5. The molecule has 5 nitrogen and oxygen atoms in total.